The Morgan fingerprint density at radius 1 is 0.947 bits per heavy atom. The molecular formula is C15H22O4. The Kier molecular flexibility index (Phi) is 4.23. The first kappa shape index (κ1) is 15.5. The lowest BCUT2D eigenvalue weighted by Gasteiger charge is -2.39. The predicted octanol–water partition coefficient (Wildman–Crippen LogP) is 3.24. The molecule has 2 N–H and O–H groups in total. The van der Waals surface area contributed by atoms with Crippen molar-refractivity contribution >= 4 is 11.9 Å². The van der Waals surface area contributed by atoms with Crippen LogP contribution < -0.4 is 0 Å². The van der Waals surface area contributed by atoms with Gasteiger partial charge in [0.25, 0.3) is 0 Å². The van der Waals surface area contributed by atoms with Gasteiger partial charge in [-0.15, -0.1) is 0 Å². The van der Waals surface area contributed by atoms with Gasteiger partial charge in [-0.25, -0.2) is 9.59 Å². The number of carboxylic acid groups (broad SMARTS) is 2. The first-order valence-electron chi connectivity index (χ1n) is 6.69. The second-order valence-electron chi connectivity index (χ2n) is 5.35. The summed E-state index contributed by atoms with van der Waals surface area (Å²) >= 11 is 0. The van der Waals surface area contributed by atoms with Gasteiger partial charge in [0.15, 0.2) is 0 Å². The van der Waals surface area contributed by atoms with Crippen LogP contribution in [0.2, 0.25) is 0 Å². The Morgan fingerprint density at radius 3 is 1.53 bits per heavy atom. The van der Waals surface area contributed by atoms with Crippen LogP contribution >= 0.6 is 0 Å². The summed E-state index contributed by atoms with van der Waals surface area (Å²) in [6.45, 7) is 7.41. The molecule has 1 rings (SSSR count). The van der Waals surface area contributed by atoms with Crippen molar-refractivity contribution in [2.75, 3.05) is 0 Å². The molecule has 1 aliphatic rings. The summed E-state index contributed by atoms with van der Waals surface area (Å²) < 4.78 is 0. The van der Waals surface area contributed by atoms with Crippen molar-refractivity contribution in [1.82, 2.24) is 0 Å². The highest BCUT2D eigenvalue weighted by molar-refractivity contribution is 5.97. The monoisotopic (exact) mass is 266 g/mol. The number of hydrogen-bond acceptors (Lipinski definition) is 2. The summed E-state index contributed by atoms with van der Waals surface area (Å²) in [4.78, 5) is 23.1. The number of hydrogen-bond donors (Lipinski definition) is 2. The molecule has 4 heteroatoms. The highest BCUT2D eigenvalue weighted by Gasteiger charge is 2.45. The minimum atomic E-state index is -1.03. The Bertz CT molecular complexity index is 419. The first-order valence-corrected chi connectivity index (χ1v) is 6.69. The zero-order chi connectivity index (χ0) is 14.8. The van der Waals surface area contributed by atoms with Crippen LogP contribution in [0.1, 0.15) is 47.0 Å². The molecule has 0 saturated carbocycles. The molecule has 0 saturated heterocycles. The average molecular weight is 266 g/mol. The van der Waals surface area contributed by atoms with Gasteiger partial charge in [-0.1, -0.05) is 39.8 Å². The highest BCUT2D eigenvalue weighted by Crippen LogP contribution is 2.48. The minimum Gasteiger partial charge on any atom is -0.478 e. The second-order valence-corrected chi connectivity index (χ2v) is 5.35. The summed E-state index contributed by atoms with van der Waals surface area (Å²) in [5, 5.41) is 18.9. The van der Waals surface area contributed by atoms with E-state index in [9.17, 15) is 19.8 Å². The summed E-state index contributed by atoms with van der Waals surface area (Å²) in [5.74, 6) is -2.05. The number of allylic oxidation sites excluding steroid dienone is 2. The third-order valence-electron chi connectivity index (χ3n) is 4.54. The summed E-state index contributed by atoms with van der Waals surface area (Å²) in [6, 6.07) is 0. The van der Waals surface area contributed by atoms with Gasteiger partial charge in [-0.05, 0) is 19.3 Å². The normalized spacial score (nSPS) is 20.4. The molecule has 0 aromatic carbocycles. The van der Waals surface area contributed by atoms with Gasteiger partial charge in [-0.3, -0.25) is 0 Å². The highest BCUT2D eigenvalue weighted by atomic mass is 16.4. The van der Waals surface area contributed by atoms with Gasteiger partial charge in [0.05, 0.1) is 0 Å². The van der Waals surface area contributed by atoms with Gasteiger partial charge < -0.3 is 10.2 Å². The predicted molar refractivity (Wildman–Crippen MR) is 72.9 cm³/mol. The first-order chi connectivity index (χ1) is 8.76. The third-order valence-corrected chi connectivity index (χ3v) is 4.54. The molecule has 0 radical (unpaired) electrons. The van der Waals surface area contributed by atoms with Gasteiger partial charge in [0.1, 0.15) is 0 Å². The standard InChI is InChI=1S/C15H22O4/c1-5-14(4)10(12(16)17)8-15(6-2,7-3)9-11(14)13(18)19/h8-9H,5-7H2,1-4H3,(H,16,17)(H,18,19). The van der Waals surface area contributed by atoms with Crippen molar-refractivity contribution < 1.29 is 19.8 Å². The third kappa shape index (κ3) is 2.44. The zero-order valence-corrected chi connectivity index (χ0v) is 12.0. The lowest BCUT2D eigenvalue weighted by atomic mass is 9.63. The van der Waals surface area contributed by atoms with E-state index in [0.717, 1.165) is 0 Å². The largest absolute Gasteiger partial charge is 0.478 e. The van der Waals surface area contributed by atoms with E-state index in [2.05, 4.69) is 0 Å². The molecule has 0 unspecified atom stereocenters. The number of carboxylic acids is 2. The van der Waals surface area contributed by atoms with Crippen molar-refractivity contribution in [3.8, 4) is 0 Å². The van der Waals surface area contributed by atoms with Crippen LogP contribution in [-0.2, 0) is 9.59 Å². The summed E-state index contributed by atoms with van der Waals surface area (Å²) in [5.41, 5.74) is -0.973. The van der Waals surface area contributed by atoms with Crippen molar-refractivity contribution in [2.24, 2.45) is 10.8 Å². The van der Waals surface area contributed by atoms with E-state index >= 15 is 0 Å². The van der Waals surface area contributed by atoms with Gasteiger partial charge in [0, 0.05) is 22.0 Å². The van der Waals surface area contributed by atoms with E-state index in [0.29, 0.717) is 19.3 Å². The fraction of sp³-hybridized carbons (Fsp3) is 0.600. The molecule has 0 aliphatic heterocycles. The fourth-order valence-electron chi connectivity index (χ4n) is 2.71. The Morgan fingerprint density at radius 2 is 1.32 bits per heavy atom. The minimum absolute atomic E-state index is 0.207. The molecule has 0 fully saturated rings. The lowest BCUT2D eigenvalue weighted by Crippen LogP contribution is -2.36. The van der Waals surface area contributed by atoms with Crippen molar-refractivity contribution in [1.29, 1.82) is 0 Å². The molecule has 4 nitrogen and oxygen atoms in total. The van der Waals surface area contributed by atoms with Crippen LogP contribution in [0.15, 0.2) is 23.3 Å². The van der Waals surface area contributed by atoms with E-state index < -0.39 is 22.8 Å². The van der Waals surface area contributed by atoms with Crippen LogP contribution in [-0.4, -0.2) is 22.2 Å². The van der Waals surface area contributed by atoms with Crippen LogP contribution in [0.25, 0.3) is 0 Å². The maximum atomic E-state index is 11.5. The topological polar surface area (TPSA) is 74.6 Å². The van der Waals surface area contributed by atoms with Crippen LogP contribution in [0.3, 0.4) is 0 Å². The van der Waals surface area contributed by atoms with Crippen LogP contribution in [0.4, 0.5) is 0 Å². The van der Waals surface area contributed by atoms with E-state index in [-0.39, 0.29) is 11.1 Å². The SMILES string of the molecule is CCC1(CC)C=C(C(=O)O)C(C)(CC)C(C(=O)O)=C1. The van der Waals surface area contributed by atoms with Gasteiger partial charge in [0.2, 0.25) is 0 Å². The van der Waals surface area contributed by atoms with E-state index in [1.165, 1.54) is 0 Å². The van der Waals surface area contributed by atoms with Crippen LogP contribution in [0, 0.1) is 10.8 Å². The molecule has 19 heavy (non-hydrogen) atoms. The lowest BCUT2D eigenvalue weighted by molar-refractivity contribution is -0.135. The quantitative estimate of drug-likeness (QED) is 0.801. The smallest absolute Gasteiger partial charge is 0.332 e. The zero-order valence-electron chi connectivity index (χ0n) is 12.0. The summed E-state index contributed by atoms with van der Waals surface area (Å²) in [7, 11) is 0. The summed E-state index contributed by atoms with van der Waals surface area (Å²) in [6.07, 6.45) is 5.34. The molecule has 0 atom stereocenters. The molecule has 0 amide bonds. The van der Waals surface area contributed by atoms with Crippen molar-refractivity contribution in [2.45, 2.75) is 47.0 Å². The Labute approximate surface area is 113 Å². The van der Waals surface area contributed by atoms with E-state index in [1.807, 2.05) is 20.8 Å². The number of rotatable bonds is 5. The maximum Gasteiger partial charge on any atom is 0.332 e. The second kappa shape index (κ2) is 5.19. The number of aliphatic carboxylic acids is 2. The van der Waals surface area contributed by atoms with Crippen molar-refractivity contribution in [3.63, 3.8) is 0 Å². The molecule has 1 aliphatic carbocycles. The molecule has 0 spiro atoms. The molecule has 0 bridgehead atoms. The van der Waals surface area contributed by atoms with Crippen LogP contribution in [0.5, 0.6) is 0 Å². The maximum absolute atomic E-state index is 11.5. The molecule has 0 aromatic heterocycles. The van der Waals surface area contributed by atoms with Gasteiger partial charge >= 0.3 is 11.9 Å². The molecular weight excluding hydrogens is 244 g/mol. The number of carbonyl (C=O) groups is 2. The van der Waals surface area contributed by atoms with E-state index in [1.54, 1.807) is 19.1 Å². The molecule has 106 valence electrons. The molecule has 0 aromatic rings. The Balaban J connectivity index is 3.56. The molecule has 0 heterocycles. The van der Waals surface area contributed by atoms with Crippen molar-refractivity contribution in [3.05, 3.63) is 23.3 Å². The Hall–Kier alpha value is -1.58. The fourth-order valence-corrected chi connectivity index (χ4v) is 2.71. The van der Waals surface area contributed by atoms with E-state index in [4.69, 9.17) is 0 Å². The average Bonchev–Trinajstić information content (AvgIpc) is 2.38. The van der Waals surface area contributed by atoms with Gasteiger partial charge in [-0.2, -0.15) is 0 Å².